The van der Waals surface area contributed by atoms with E-state index in [1.54, 1.807) is 25.4 Å². The van der Waals surface area contributed by atoms with Crippen molar-refractivity contribution in [2.24, 2.45) is 0 Å². The van der Waals surface area contributed by atoms with E-state index in [4.69, 9.17) is 4.74 Å². The summed E-state index contributed by atoms with van der Waals surface area (Å²) in [6.07, 6.45) is 2.48. The zero-order valence-corrected chi connectivity index (χ0v) is 8.88. The molecule has 0 fully saturated rings. The summed E-state index contributed by atoms with van der Waals surface area (Å²) in [5, 5.41) is 0. The first-order valence-electron chi connectivity index (χ1n) is 4.90. The molecule has 3 heteroatoms. The predicted octanol–water partition coefficient (Wildman–Crippen LogP) is 2.57. The summed E-state index contributed by atoms with van der Waals surface area (Å²) in [6.45, 7) is 0. The number of methoxy groups -OCH3 is 1. The van der Waals surface area contributed by atoms with Crippen molar-refractivity contribution in [1.29, 1.82) is 0 Å². The lowest BCUT2D eigenvalue weighted by atomic mass is 10.1. The molecule has 0 spiro atoms. The SMILES string of the molecule is COc1cccc(-c2ncccc2C=O)c1. The largest absolute Gasteiger partial charge is 0.497 e. The van der Waals surface area contributed by atoms with Gasteiger partial charge in [-0.15, -0.1) is 0 Å². The maximum Gasteiger partial charge on any atom is 0.152 e. The van der Waals surface area contributed by atoms with Gasteiger partial charge < -0.3 is 4.74 Å². The molecule has 0 aliphatic rings. The van der Waals surface area contributed by atoms with Gasteiger partial charge >= 0.3 is 0 Å². The molecule has 80 valence electrons. The number of nitrogens with zero attached hydrogens (tertiary/aromatic N) is 1. The van der Waals surface area contributed by atoms with Crippen LogP contribution in [0.3, 0.4) is 0 Å². The third-order valence-electron chi connectivity index (χ3n) is 2.31. The first-order chi connectivity index (χ1) is 7.85. The Morgan fingerprint density at radius 2 is 2.12 bits per heavy atom. The average Bonchev–Trinajstić information content (AvgIpc) is 2.38. The Morgan fingerprint density at radius 3 is 2.88 bits per heavy atom. The van der Waals surface area contributed by atoms with Crippen LogP contribution in [0.5, 0.6) is 5.75 Å². The van der Waals surface area contributed by atoms with E-state index in [-0.39, 0.29) is 0 Å². The fourth-order valence-corrected chi connectivity index (χ4v) is 1.52. The Labute approximate surface area is 93.7 Å². The van der Waals surface area contributed by atoms with Gasteiger partial charge in [-0.3, -0.25) is 9.78 Å². The Kier molecular flexibility index (Phi) is 2.96. The van der Waals surface area contributed by atoms with Crippen molar-refractivity contribution in [3.63, 3.8) is 0 Å². The highest BCUT2D eigenvalue weighted by atomic mass is 16.5. The van der Waals surface area contributed by atoms with Gasteiger partial charge in [0, 0.05) is 17.3 Å². The van der Waals surface area contributed by atoms with Gasteiger partial charge in [0.1, 0.15) is 5.75 Å². The van der Waals surface area contributed by atoms with E-state index in [1.165, 1.54) is 0 Å². The molecular weight excluding hydrogens is 202 g/mol. The monoisotopic (exact) mass is 213 g/mol. The van der Waals surface area contributed by atoms with Gasteiger partial charge in [0.05, 0.1) is 12.8 Å². The minimum Gasteiger partial charge on any atom is -0.497 e. The summed E-state index contributed by atoms with van der Waals surface area (Å²) in [5.41, 5.74) is 2.13. The normalized spacial score (nSPS) is 9.81. The molecule has 1 heterocycles. The molecule has 3 nitrogen and oxygen atoms in total. The topological polar surface area (TPSA) is 39.2 Å². The number of carbonyl (C=O) groups is 1. The summed E-state index contributed by atoms with van der Waals surface area (Å²) >= 11 is 0. The smallest absolute Gasteiger partial charge is 0.152 e. The van der Waals surface area contributed by atoms with Crippen LogP contribution in [-0.4, -0.2) is 18.4 Å². The fourth-order valence-electron chi connectivity index (χ4n) is 1.52. The highest BCUT2D eigenvalue weighted by Crippen LogP contribution is 2.23. The van der Waals surface area contributed by atoms with Crippen molar-refractivity contribution in [1.82, 2.24) is 4.98 Å². The molecule has 1 aromatic heterocycles. The van der Waals surface area contributed by atoms with Gasteiger partial charge in [0.15, 0.2) is 6.29 Å². The maximum atomic E-state index is 10.9. The zero-order chi connectivity index (χ0) is 11.4. The highest BCUT2D eigenvalue weighted by Gasteiger charge is 2.05. The molecule has 0 aliphatic heterocycles. The molecule has 0 N–H and O–H groups in total. The van der Waals surface area contributed by atoms with Crippen LogP contribution in [0, 0.1) is 0 Å². The number of hydrogen-bond donors (Lipinski definition) is 0. The second-order valence-corrected chi connectivity index (χ2v) is 3.29. The number of aromatic nitrogens is 1. The zero-order valence-electron chi connectivity index (χ0n) is 8.88. The first kappa shape index (κ1) is 10.4. The van der Waals surface area contributed by atoms with Crippen molar-refractivity contribution in [3.8, 4) is 17.0 Å². The molecule has 16 heavy (non-hydrogen) atoms. The fraction of sp³-hybridized carbons (Fsp3) is 0.0769. The molecule has 2 aromatic rings. The first-order valence-corrected chi connectivity index (χ1v) is 4.90. The average molecular weight is 213 g/mol. The number of benzene rings is 1. The van der Waals surface area contributed by atoms with Crippen LogP contribution >= 0.6 is 0 Å². The van der Waals surface area contributed by atoms with E-state index in [0.717, 1.165) is 17.6 Å². The lowest BCUT2D eigenvalue weighted by molar-refractivity contribution is 0.112. The molecule has 0 amide bonds. The molecule has 0 radical (unpaired) electrons. The van der Waals surface area contributed by atoms with E-state index >= 15 is 0 Å². The molecule has 0 saturated carbocycles. The molecule has 2 rings (SSSR count). The summed E-state index contributed by atoms with van der Waals surface area (Å²) in [6, 6.07) is 11.0. The maximum absolute atomic E-state index is 10.9. The summed E-state index contributed by atoms with van der Waals surface area (Å²) in [5.74, 6) is 0.750. The minimum absolute atomic E-state index is 0.579. The summed E-state index contributed by atoms with van der Waals surface area (Å²) in [4.78, 5) is 15.1. The summed E-state index contributed by atoms with van der Waals surface area (Å²) < 4.78 is 5.13. The van der Waals surface area contributed by atoms with E-state index < -0.39 is 0 Å². The van der Waals surface area contributed by atoms with Crippen LogP contribution in [0.1, 0.15) is 10.4 Å². The molecule has 0 aliphatic carbocycles. The van der Waals surface area contributed by atoms with Gasteiger partial charge in [-0.1, -0.05) is 12.1 Å². The highest BCUT2D eigenvalue weighted by molar-refractivity contribution is 5.85. The Bertz CT molecular complexity index is 509. The van der Waals surface area contributed by atoms with Crippen molar-refractivity contribution in [2.45, 2.75) is 0 Å². The molecular formula is C13H11NO2. The quantitative estimate of drug-likeness (QED) is 0.735. The van der Waals surface area contributed by atoms with Crippen LogP contribution in [0.25, 0.3) is 11.3 Å². The lowest BCUT2D eigenvalue weighted by Crippen LogP contribution is -1.91. The van der Waals surface area contributed by atoms with Crippen LogP contribution < -0.4 is 4.74 Å². The molecule has 1 aromatic carbocycles. The third-order valence-corrected chi connectivity index (χ3v) is 2.31. The summed E-state index contributed by atoms with van der Waals surface area (Å²) in [7, 11) is 1.61. The molecule has 0 unspecified atom stereocenters. The molecule has 0 bridgehead atoms. The van der Waals surface area contributed by atoms with Crippen molar-refractivity contribution in [3.05, 3.63) is 48.2 Å². The second kappa shape index (κ2) is 4.57. The Balaban J connectivity index is 2.53. The molecule has 0 saturated heterocycles. The third kappa shape index (κ3) is 1.93. The minimum atomic E-state index is 0.579. The Morgan fingerprint density at radius 1 is 1.25 bits per heavy atom. The van der Waals surface area contributed by atoms with Gasteiger partial charge in [-0.05, 0) is 24.3 Å². The van der Waals surface area contributed by atoms with Crippen molar-refractivity contribution in [2.75, 3.05) is 7.11 Å². The van der Waals surface area contributed by atoms with Gasteiger partial charge in [0.25, 0.3) is 0 Å². The second-order valence-electron chi connectivity index (χ2n) is 3.29. The van der Waals surface area contributed by atoms with Crippen LogP contribution in [-0.2, 0) is 0 Å². The van der Waals surface area contributed by atoms with Gasteiger partial charge in [-0.2, -0.15) is 0 Å². The van der Waals surface area contributed by atoms with E-state index in [1.807, 2.05) is 24.3 Å². The number of rotatable bonds is 3. The lowest BCUT2D eigenvalue weighted by Gasteiger charge is -2.05. The van der Waals surface area contributed by atoms with Crippen LogP contribution in [0.2, 0.25) is 0 Å². The number of ether oxygens (including phenoxy) is 1. The van der Waals surface area contributed by atoms with Gasteiger partial charge in [-0.25, -0.2) is 0 Å². The standard InChI is InChI=1S/C13H11NO2/c1-16-12-6-2-4-10(8-12)13-11(9-15)5-3-7-14-13/h2-9H,1H3. The predicted molar refractivity (Wildman–Crippen MR) is 61.6 cm³/mol. The van der Waals surface area contributed by atoms with Crippen molar-refractivity contribution >= 4 is 6.29 Å². The van der Waals surface area contributed by atoms with Crippen molar-refractivity contribution < 1.29 is 9.53 Å². The number of hydrogen-bond acceptors (Lipinski definition) is 3. The van der Waals surface area contributed by atoms with Gasteiger partial charge in [0.2, 0.25) is 0 Å². The van der Waals surface area contributed by atoms with Crippen LogP contribution in [0.15, 0.2) is 42.6 Å². The molecule has 0 atom stereocenters. The number of carbonyl (C=O) groups excluding carboxylic acids is 1. The number of aldehydes is 1. The number of pyridine rings is 1. The van der Waals surface area contributed by atoms with E-state index in [2.05, 4.69) is 4.98 Å². The van der Waals surface area contributed by atoms with E-state index in [9.17, 15) is 4.79 Å². The van der Waals surface area contributed by atoms with E-state index in [0.29, 0.717) is 11.3 Å². The van der Waals surface area contributed by atoms with Crippen LogP contribution in [0.4, 0.5) is 0 Å². The Hall–Kier alpha value is -2.16.